The zero-order valence-corrected chi connectivity index (χ0v) is 20.2. The summed E-state index contributed by atoms with van der Waals surface area (Å²) in [4.78, 5) is 44.2. The van der Waals surface area contributed by atoms with E-state index in [1.807, 2.05) is 23.1 Å². The van der Waals surface area contributed by atoms with Crippen LogP contribution in [-0.4, -0.2) is 84.4 Å². The summed E-state index contributed by atoms with van der Waals surface area (Å²) in [5.41, 5.74) is 0.607. The minimum Gasteiger partial charge on any atom is -0.485 e. The number of piperazine rings is 1. The Morgan fingerprint density at radius 3 is 2.00 bits per heavy atom. The second-order valence-electron chi connectivity index (χ2n) is 9.09. The number of benzene rings is 2. The summed E-state index contributed by atoms with van der Waals surface area (Å²) in [7, 11) is 0. The zero-order chi connectivity index (χ0) is 24.4. The predicted octanol–water partition coefficient (Wildman–Crippen LogP) is 2.70. The molecule has 2 saturated heterocycles. The van der Waals surface area contributed by atoms with Crippen molar-refractivity contribution in [1.82, 2.24) is 14.7 Å². The number of likely N-dealkylation sites (tertiary alicyclic amines) is 1. The van der Waals surface area contributed by atoms with Crippen LogP contribution in [0.5, 0.6) is 11.5 Å². The number of ether oxygens (including phenoxy) is 2. The van der Waals surface area contributed by atoms with Gasteiger partial charge in [-0.15, -0.1) is 0 Å². The van der Waals surface area contributed by atoms with E-state index >= 15 is 0 Å². The molecule has 3 aliphatic rings. The molecule has 0 radical (unpaired) electrons. The van der Waals surface area contributed by atoms with Gasteiger partial charge in [0.2, 0.25) is 12.0 Å². The first-order chi connectivity index (χ1) is 17.0. The summed E-state index contributed by atoms with van der Waals surface area (Å²) in [6, 6.07) is 14.2. The smallest absolute Gasteiger partial charge is 0.267 e. The Balaban J connectivity index is 1.09. The lowest BCUT2D eigenvalue weighted by Gasteiger charge is -2.39. The number of halogens is 1. The monoisotopic (exact) mass is 497 g/mol. The van der Waals surface area contributed by atoms with Crippen LogP contribution in [0.15, 0.2) is 48.5 Å². The van der Waals surface area contributed by atoms with Crippen LogP contribution >= 0.6 is 11.6 Å². The second-order valence-corrected chi connectivity index (χ2v) is 9.52. The SMILES string of the molecule is O=C(c1ccc(Cl)cc1)N1CCC(C(=O)N2CCN(C(=O)[C@@H]3COc4ccccc4O3)CC2)CC1. The number of hydrogen-bond acceptors (Lipinski definition) is 5. The minimum atomic E-state index is -0.672. The Morgan fingerprint density at radius 2 is 1.34 bits per heavy atom. The molecule has 0 N–H and O–H groups in total. The van der Waals surface area contributed by atoms with E-state index in [4.69, 9.17) is 21.1 Å². The molecular formula is C26H28ClN3O5. The van der Waals surface area contributed by atoms with Gasteiger partial charge < -0.3 is 24.2 Å². The molecule has 2 aromatic rings. The maximum absolute atomic E-state index is 13.1. The van der Waals surface area contributed by atoms with Crippen LogP contribution in [0.1, 0.15) is 23.2 Å². The highest BCUT2D eigenvalue weighted by molar-refractivity contribution is 6.30. The number of para-hydroxylation sites is 2. The van der Waals surface area contributed by atoms with Crippen LogP contribution in [-0.2, 0) is 9.59 Å². The molecule has 0 bridgehead atoms. The van der Waals surface area contributed by atoms with E-state index in [9.17, 15) is 14.4 Å². The molecule has 0 saturated carbocycles. The van der Waals surface area contributed by atoms with Gasteiger partial charge in [-0.1, -0.05) is 23.7 Å². The van der Waals surface area contributed by atoms with Crippen LogP contribution in [0.2, 0.25) is 5.02 Å². The van der Waals surface area contributed by atoms with E-state index in [-0.39, 0.29) is 30.2 Å². The third-order valence-electron chi connectivity index (χ3n) is 6.91. The lowest BCUT2D eigenvalue weighted by atomic mass is 9.94. The summed E-state index contributed by atoms with van der Waals surface area (Å²) >= 11 is 5.91. The number of piperidine rings is 1. The summed E-state index contributed by atoms with van der Waals surface area (Å²) < 4.78 is 11.5. The topological polar surface area (TPSA) is 79.4 Å². The van der Waals surface area contributed by atoms with Gasteiger partial charge in [-0.2, -0.15) is 0 Å². The van der Waals surface area contributed by atoms with Gasteiger partial charge in [-0.25, -0.2) is 0 Å². The van der Waals surface area contributed by atoms with Gasteiger partial charge in [0.15, 0.2) is 11.5 Å². The number of fused-ring (bicyclic) bond motifs is 1. The molecule has 2 fully saturated rings. The van der Waals surface area contributed by atoms with Crippen molar-refractivity contribution in [3.63, 3.8) is 0 Å². The minimum absolute atomic E-state index is 0.0313. The summed E-state index contributed by atoms with van der Waals surface area (Å²) in [5, 5.41) is 0.595. The summed E-state index contributed by atoms with van der Waals surface area (Å²) in [5.74, 6) is 1.09. The Morgan fingerprint density at radius 1 is 0.743 bits per heavy atom. The van der Waals surface area contributed by atoms with E-state index in [0.717, 1.165) is 0 Å². The van der Waals surface area contributed by atoms with E-state index in [1.165, 1.54) is 0 Å². The van der Waals surface area contributed by atoms with Crippen LogP contribution in [0.25, 0.3) is 0 Å². The molecule has 0 spiro atoms. The average Bonchev–Trinajstić information content (AvgIpc) is 2.92. The molecule has 8 nitrogen and oxygen atoms in total. The first kappa shape index (κ1) is 23.5. The molecule has 3 amide bonds. The molecular weight excluding hydrogens is 470 g/mol. The fourth-order valence-corrected chi connectivity index (χ4v) is 4.98. The molecule has 0 aliphatic carbocycles. The number of amides is 3. The molecule has 0 unspecified atom stereocenters. The van der Waals surface area contributed by atoms with Crippen molar-refractivity contribution in [3.05, 3.63) is 59.1 Å². The quantitative estimate of drug-likeness (QED) is 0.651. The first-order valence-electron chi connectivity index (χ1n) is 12.0. The van der Waals surface area contributed by atoms with Gasteiger partial charge in [-0.3, -0.25) is 14.4 Å². The van der Waals surface area contributed by atoms with Crippen molar-refractivity contribution < 1.29 is 23.9 Å². The number of nitrogens with zero attached hydrogens (tertiary/aromatic N) is 3. The number of carbonyl (C=O) groups is 3. The van der Waals surface area contributed by atoms with Crippen molar-refractivity contribution in [1.29, 1.82) is 0 Å². The lowest BCUT2D eigenvalue weighted by Crippen LogP contribution is -2.56. The molecule has 9 heteroatoms. The van der Waals surface area contributed by atoms with Gasteiger partial charge in [0.1, 0.15) is 6.61 Å². The van der Waals surface area contributed by atoms with Crippen LogP contribution in [0.3, 0.4) is 0 Å². The van der Waals surface area contributed by atoms with Crippen LogP contribution in [0.4, 0.5) is 0 Å². The van der Waals surface area contributed by atoms with E-state index in [2.05, 4.69) is 0 Å². The molecule has 1 atom stereocenters. The largest absolute Gasteiger partial charge is 0.485 e. The first-order valence-corrected chi connectivity index (χ1v) is 12.4. The van der Waals surface area contributed by atoms with Gasteiger partial charge >= 0.3 is 0 Å². The summed E-state index contributed by atoms with van der Waals surface area (Å²) in [6.07, 6.45) is 0.614. The Hall–Kier alpha value is -3.26. The molecule has 35 heavy (non-hydrogen) atoms. The molecule has 5 rings (SSSR count). The normalized spacial score (nSPS) is 20.5. The number of hydrogen-bond donors (Lipinski definition) is 0. The predicted molar refractivity (Wildman–Crippen MR) is 130 cm³/mol. The highest BCUT2D eigenvalue weighted by Gasteiger charge is 2.35. The van der Waals surface area contributed by atoms with Crippen molar-refractivity contribution in [2.75, 3.05) is 45.9 Å². The van der Waals surface area contributed by atoms with Crippen molar-refractivity contribution in [2.24, 2.45) is 5.92 Å². The maximum atomic E-state index is 13.1. The van der Waals surface area contributed by atoms with Gasteiger partial charge in [0.05, 0.1) is 0 Å². The van der Waals surface area contributed by atoms with Gasteiger partial charge in [0.25, 0.3) is 11.8 Å². The number of carbonyl (C=O) groups excluding carboxylic acids is 3. The molecule has 3 aliphatic heterocycles. The summed E-state index contributed by atoms with van der Waals surface area (Å²) in [6.45, 7) is 3.23. The van der Waals surface area contributed by atoms with Crippen LogP contribution < -0.4 is 9.47 Å². The van der Waals surface area contributed by atoms with Crippen molar-refractivity contribution >= 4 is 29.3 Å². The number of rotatable bonds is 3. The zero-order valence-electron chi connectivity index (χ0n) is 19.4. The average molecular weight is 498 g/mol. The standard InChI is InChI=1S/C26H28ClN3O5/c27-20-7-5-18(6-8-20)24(31)28-11-9-19(10-12-28)25(32)29-13-15-30(16-14-29)26(33)23-17-34-21-3-1-2-4-22(21)35-23/h1-8,19,23H,9-17H2/t23-/m0/s1. The fourth-order valence-electron chi connectivity index (χ4n) is 4.85. The Labute approximate surface area is 209 Å². The maximum Gasteiger partial charge on any atom is 0.267 e. The molecule has 0 aromatic heterocycles. The third-order valence-corrected chi connectivity index (χ3v) is 7.16. The van der Waals surface area contributed by atoms with E-state index in [0.29, 0.717) is 74.2 Å². The van der Waals surface area contributed by atoms with Crippen molar-refractivity contribution in [2.45, 2.75) is 18.9 Å². The fraction of sp³-hybridized carbons (Fsp3) is 0.423. The molecule has 2 aromatic carbocycles. The third kappa shape index (κ3) is 5.07. The van der Waals surface area contributed by atoms with E-state index in [1.54, 1.807) is 40.1 Å². The van der Waals surface area contributed by atoms with Gasteiger partial charge in [-0.05, 0) is 49.2 Å². The second kappa shape index (κ2) is 10.2. The Kier molecular flexibility index (Phi) is 6.81. The molecule has 184 valence electrons. The highest BCUT2D eigenvalue weighted by atomic mass is 35.5. The van der Waals surface area contributed by atoms with Crippen LogP contribution in [0, 0.1) is 5.92 Å². The van der Waals surface area contributed by atoms with Gasteiger partial charge in [0, 0.05) is 55.8 Å². The highest BCUT2D eigenvalue weighted by Crippen LogP contribution is 2.31. The van der Waals surface area contributed by atoms with E-state index < -0.39 is 6.10 Å². The van der Waals surface area contributed by atoms with Crippen molar-refractivity contribution in [3.8, 4) is 11.5 Å². The lowest BCUT2D eigenvalue weighted by molar-refractivity contribution is -0.148. The molecule has 3 heterocycles. The Bertz CT molecular complexity index is 1090.